The van der Waals surface area contributed by atoms with Gasteiger partial charge in [-0.15, -0.1) is 0 Å². The molecule has 4 N–H and O–H groups in total. The molecule has 0 radical (unpaired) electrons. The summed E-state index contributed by atoms with van der Waals surface area (Å²) < 4.78 is 43.0. The maximum absolute atomic E-state index is 12.7. The topological polar surface area (TPSA) is 102 Å². The number of alkyl halides is 3. The van der Waals surface area contributed by atoms with Crippen molar-refractivity contribution >= 4 is 34.7 Å². The van der Waals surface area contributed by atoms with Crippen LogP contribution in [0.15, 0.2) is 54.9 Å². The zero-order valence-corrected chi connectivity index (χ0v) is 15.8. The molecule has 0 unspecified atom stereocenters. The van der Waals surface area contributed by atoms with Crippen LogP contribution in [0.3, 0.4) is 0 Å². The second-order valence-electron chi connectivity index (χ2n) is 6.11. The third-order valence-corrected chi connectivity index (χ3v) is 4.02. The van der Waals surface area contributed by atoms with Gasteiger partial charge >= 0.3 is 12.1 Å². The van der Waals surface area contributed by atoms with E-state index in [4.69, 9.17) is 10.5 Å². The lowest BCUT2D eigenvalue weighted by Gasteiger charge is -2.13. The van der Waals surface area contributed by atoms with Crippen molar-refractivity contribution in [2.75, 3.05) is 23.0 Å². The van der Waals surface area contributed by atoms with Gasteiger partial charge in [-0.2, -0.15) is 13.2 Å². The van der Waals surface area contributed by atoms with E-state index in [1.165, 1.54) is 18.5 Å². The number of halogens is 3. The smallest absolute Gasteiger partial charge is 0.416 e. The maximum atomic E-state index is 12.7. The summed E-state index contributed by atoms with van der Waals surface area (Å²) in [5.74, 6) is 0.104. The Kier molecular flexibility index (Phi) is 6.05. The van der Waals surface area contributed by atoms with Gasteiger partial charge in [-0.1, -0.05) is 0 Å². The van der Waals surface area contributed by atoms with E-state index in [9.17, 15) is 18.0 Å². The molecule has 30 heavy (non-hydrogen) atoms. The highest BCUT2D eigenvalue weighted by atomic mass is 19.4. The Labute approximate surface area is 170 Å². The number of rotatable bonds is 6. The van der Waals surface area contributed by atoms with Crippen LogP contribution >= 0.6 is 0 Å². The van der Waals surface area contributed by atoms with Gasteiger partial charge in [-0.05, 0) is 55.5 Å². The van der Waals surface area contributed by atoms with Gasteiger partial charge in [0.25, 0.3) is 0 Å². The zero-order valence-electron chi connectivity index (χ0n) is 15.8. The number of anilines is 5. The highest BCUT2D eigenvalue weighted by Crippen LogP contribution is 2.32. The molecule has 0 spiro atoms. The lowest BCUT2D eigenvalue weighted by Crippen LogP contribution is -2.07. The van der Waals surface area contributed by atoms with E-state index in [1.54, 1.807) is 31.2 Å². The van der Waals surface area contributed by atoms with E-state index >= 15 is 0 Å². The molecule has 3 rings (SSSR count). The van der Waals surface area contributed by atoms with Crippen LogP contribution in [0.5, 0.6) is 0 Å². The largest absolute Gasteiger partial charge is 0.462 e. The fourth-order valence-corrected chi connectivity index (χ4v) is 2.51. The van der Waals surface area contributed by atoms with Crippen LogP contribution < -0.4 is 16.4 Å². The van der Waals surface area contributed by atoms with Gasteiger partial charge in [0, 0.05) is 11.4 Å². The molecule has 0 saturated heterocycles. The first-order chi connectivity index (χ1) is 14.3. The van der Waals surface area contributed by atoms with Gasteiger partial charge in [0.15, 0.2) is 11.6 Å². The fraction of sp³-hybridized carbons (Fsp3) is 0.150. The van der Waals surface area contributed by atoms with Crippen molar-refractivity contribution in [3.05, 3.63) is 66.0 Å². The lowest BCUT2D eigenvalue weighted by molar-refractivity contribution is -0.137. The Morgan fingerprint density at radius 1 is 0.967 bits per heavy atom. The highest BCUT2D eigenvalue weighted by Gasteiger charge is 2.30. The van der Waals surface area contributed by atoms with Crippen molar-refractivity contribution in [2.45, 2.75) is 13.1 Å². The summed E-state index contributed by atoms with van der Waals surface area (Å²) in [5, 5.41) is 5.88. The van der Waals surface area contributed by atoms with Crippen molar-refractivity contribution in [3.63, 3.8) is 0 Å². The number of aromatic nitrogens is 2. The van der Waals surface area contributed by atoms with Crippen LogP contribution in [-0.2, 0) is 10.9 Å². The van der Waals surface area contributed by atoms with Crippen molar-refractivity contribution < 1.29 is 22.7 Å². The summed E-state index contributed by atoms with van der Waals surface area (Å²) in [4.78, 5) is 19.8. The third kappa shape index (κ3) is 4.96. The van der Waals surface area contributed by atoms with E-state index in [2.05, 4.69) is 20.6 Å². The van der Waals surface area contributed by atoms with E-state index in [0.717, 1.165) is 12.1 Å². The molecule has 1 heterocycles. The molecular formula is C20H18F3N5O2. The molecule has 10 heteroatoms. The number of nitrogen functional groups attached to an aromatic ring is 1. The molecule has 0 aliphatic heterocycles. The number of nitrogens with one attached hydrogen (secondary N) is 2. The van der Waals surface area contributed by atoms with Crippen LogP contribution in [0.2, 0.25) is 0 Å². The van der Waals surface area contributed by atoms with Crippen molar-refractivity contribution in [2.24, 2.45) is 0 Å². The maximum Gasteiger partial charge on any atom is 0.416 e. The molecule has 0 saturated carbocycles. The van der Waals surface area contributed by atoms with Crippen molar-refractivity contribution in [3.8, 4) is 0 Å². The van der Waals surface area contributed by atoms with Gasteiger partial charge < -0.3 is 21.1 Å². The number of carbonyl (C=O) groups excluding carboxylic acids is 1. The predicted molar refractivity (Wildman–Crippen MR) is 107 cm³/mol. The Hall–Kier alpha value is -3.82. The number of nitrogens with two attached hydrogens (primary N) is 1. The normalized spacial score (nSPS) is 11.1. The summed E-state index contributed by atoms with van der Waals surface area (Å²) in [5.41, 5.74) is 6.92. The fourth-order valence-electron chi connectivity index (χ4n) is 2.51. The Balaban J connectivity index is 1.74. The second-order valence-corrected chi connectivity index (χ2v) is 6.11. The lowest BCUT2D eigenvalue weighted by atomic mass is 10.2. The number of hydrogen-bond acceptors (Lipinski definition) is 7. The molecule has 0 aliphatic carbocycles. The first-order valence-corrected chi connectivity index (χ1v) is 8.87. The molecule has 0 atom stereocenters. The minimum absolute atomic E-state index is 0.173. The van der Waals surface area contributed by atoms with E-state index < -0.39 is 17.7 Å². The average Bonchev–Trinajstić information content (AvgIpc) is 2.71. The monoisotopic (exact) mass is 417 g/mol. The molecule has 2 aromatic carbocycles. The van der Waals surface area contributed by atoms with Crippen LogP contribution in [-0.4, -0.2) is 22.5 Å². The van der Waals surface area contributed by atoms with Gasteiger partial charge in [0.2, 0.25) is 0 Å². The first-order valence-electron chi connectivity index (χ1n) is 8.87. The molecule has 3 aromatic rings. The third-order valence-electron chi connectivity index (χ3n) is 4.02. The molecule has 0 bridgehead atoms. The van der Waals surface area contributed by atoms with Crippen LogP contribution in [0, 0.1) is 0 Å². The van der Waals surface area contributed by atoms with E-state index in [0.29, 0.717) is 22.8 Å². The standard InChI is InChI=1S/C20H18F3N5O2/c1-2-30-19(29)12-3-7-14(8-4-12)27-17-16(24)18(26-11-25-17)28-15-9-5-13(6-10-15)20(21,22)23/h3-11H,2,24H2,1H3,(H2,25,26,27,28). The number of nitrogens with zero attached hydrogens (tertiary/aromatic N) is 2. The molecular weight excluding hydrogens is 399 g/mol. The van der Waals surface area contributed by atoms with Gasteiger partial charge in [-0.25, -0.2) is 14.8 Å². The van der Waals surface area contributed by atoms with Crippen LogP contribution in [0.4, 0.5) is 41.9 Å². The molecule has 156 valence electrons. The second kappa shape index (κ2) is 8.68. The first kappa shape index (κ1) is 20.9. The Bertz CT molecular complexity index is 1020. The zero-order chi connectivity index (χ0) is 21.7. The minimum atomic E-state index is -4.41. The Morgan fingerprint density at radius 2 is 1.47 bits per heavy atom. The van der Waals surface area contributed by atoms with Crippen LogP contribution in [0.25, 0.3) is 0 Å². The highest BCUT2D eigenvalue weighted by molar-refractivity contribution is 5.90. The average molecular weight is 417 g/mol. The summed E-state index contributed by atoms with van der Waals surface area (Å²) >= 11 is 0. The summed E-state index contributed by atoms with van der Waals surface area (Å²) in [6, 6.07) is 11.0. The van der Waals surface area contributed by atoms with Gasteiger partial charge in [-0.3, -0.25) is 0 Å². The molecule has 1 aromatic heterocycles. The van der Waals surface area contributed by atoms with Gasteiger partial charge in [0.1, 0.15) is 12.0 Å². The van der Waals surface area contributed by atoms with E-state index in [1.807, 2.05) is 0 Å². The number of esters is 1. The van der Waals surface area contributed by atoms with Crippen LogP contribution in [0.1, 0.15) is 22.8 Å². The molecule has 0 amide bonds. The minimum Gasteiger partial charge on any atom is -0.462 e. The van der Waals surface area contributed by atoms with Gasteiger partial charge in [0.05, 0.1) is 17.7 Å². The molecule has 0 aliphatic rings. The Morgan fingerprint density at radius 3 is 1.93 bits per heavy atom. The number of carbonyl (C=O) groups is 1. The number of ether oxygens (including phenoxy) is 1. The number of benzene rings is 2. The summed E-state index contributed by atoms with van der Waals surface area (Å²) in [7, 11) is 0. The molecule has 0 fully saturated rings. The summed E-state index contributed by atoms with van der Waals surface area (Å²) in [6.45, 7) is 2.01. The van der Waals surface area contributed by atoms with E-state index in [-0.39, 0.29) is 18.1 Å². The number of hydrogen-bond donors (Lipinski definition) is 3. The quantitative estimate of drug-likeness (QED) is 0.498. The SMILES string of the molecule is CCOC(=O)c1ccc(Nc2ncnc(Nc3ccc(C(F)(F)F)cc3)c2N)cc1. The molecule has 7 nitrogen and oxygen atoms in total. The predicted octanol–water partition coefficient (Wildman–Crippen LogP) is 4.74. The van der Waals surface area contributed by atoms with Crippen molar-refractivity contribution in [1.29, 1.82) is 0 Å². The van der Waals surface area contributed by atoms with Crippen molar-refractivity contribution in [1.82, 2.24) is 9.97 Å². The summed E-state index contributed by atoms with van der Waals surface area (Å²) in [6.07, 6.45) is -3.15.